The fraction of sp³-hybridized carbons (Fsp3) is 0.556. The molecule has 0 saturated carbocycles. The minimum absolute atomic E-state index is 0.155. The first-order valence-corrected chi connectivity index (χ1v) is 6.34. The van der Waals surface area contributed by atoms with Gasteiger partial charge >= 0.3 is 0 Å². The van der Waals surface area contributed by atoms with Crippen molar-refractivity contribution in [2.45, 2.75) is 24.5 Å². The van der Waals surface area contributed by atoms with Crippen LogP contribution in [0.4, 0.5) is 0 Å². The van der Waals surface area contributed by atoms with E-state index in [1.807, 2.05) is 0 Å². The summed E-state index contributed by atoms with van der Waals surface area (Å²) in [5.41, 5.74) is 0.0499. The average molecular weight is 286 g/mol. The molecule has 102 valence electrons. The molecule has 1 aliphatic rings. The molecule has 0 bridgehead atoms. The Labute approximate surface area is 107 Å². The molecular formula is C9H11N4O5P. The molecule has 3 heterocycles. The van der Waals surface area contributed by atoms with Crippen LogP contribution in [0.3, 0.4) is 0 Å². The first-order chi connectivity index (χ1) is 9.13. The Hall–Kier alpha value is -1.38. The van der Waals surface area contributed by atoms with Crippen molar-refractivity contribution < 1.29 is 20.1 Å². The summed E-state index contributed by atoms with van der Waals surface area (Å²) in [6.45, 7) is -0.410. The van der Waals surface area contributed by atoms with Gasteiger partial charge in [-0.15, -0.1) is 0 Å². The van der Waals surface area contributed by atoms with Crippen molar-refractivity contribution in [3.8, 4) is 0 Å². The van der Waals surface area contributed by atoms with Gasteiger partial charge in [-0.1, -0.05) is 0 Å². The van der Waals surface area contributed by atoms with Crippen LogP contribution in [0.2, 0.25) is 0 Å². The molecule has 9 nitrogen and oxygen atoms in total. The predicted octanol–water partition coefficient (Wildman–Crippen LogP) is -1.69. The minimum atomic E-state index is -1.22. The molecule has 0 aromatic carbocycles. The lowest BCUT2D eigenvalue weighted by atomic mass is 10.1. The Balaban J connectivity index is 2.06. The van der Waals surface area contributed by atoms with Crippen LogP contribution in [0.5, 0.6) is 0 Å². The summed E-state index contributed by atoms with van der Waals surface area (Å²) >= 11 is 0. The topological polar surface area (TPSA) is 133 Å². The second kappa shape index (κ2) is 4.62. The highest BCUT2D eigenvalue weighted by Crippen LogP contribution is 2.33. The number of nitrogens with one attached hydrogen (secondary N) is 1. The Kier molecular flexibility index (Phi) is 3.08. The zero-order valence-electron chi connectivity index (χ0n) is 9.54. The minimum Gasteiger partial charge on any atom is -0.394 e. The standard InChI is InChI=1S/C9H11N4O5P/c14-1-3-5(15)6(16)9(18-3)13-7-4(12-19-13)8(17)11-2-10-7/h2-3,5-6,9,14-16H,1H2,(H,10,11,17). The SMILES string of the molecule is O=c1[nH]cnc2c1npn2C1OC(CO)C(O)C1O. The Morgan fingerprint density at radius 2 is 2.26 bits per heavy atom. The average Bonchev–Trinajstić information content (AvgIpc) is 2.94. The Morgan fingerprint density at radius 1 is 1.47 bits per heavy atom. The van der Waals surface area contributed by atoms with Gasteiger partial charge in [0.25, 0.3) is 5.56 Å². The lowest BCUT2D eigenvalue weighted by Crippen LogP contribution is -2.32. The molecule has 1 saturated heterocycles. The summed E-state index contributed by atoms with van der Waals surface area (Å²) in [7, 11) is 0.366. The van der Waals surface area contributed by atoms with Crippen molar-refractivity contribution in [1.82, 2.24) is 19.0 Å². The molecule has 3 rings (SSSR count). The highest BCUT2D eigenvalue weighted by atomic mass is 31.1. The van der Waals surface area contributed by atoms with Crippen LogP contribution in [0.1, 0.15) is 6.23 Å². The molecule has 19 heavy (non-hydrogen) atoms. The third kappa shape index (κ3) is 1.87. The monoisotopic (exact) mass is 286 g/mol. The quantitative estimate of drug-likeness (QED) is 0.517. The number of hydrogen-bond acceptors (Lipinski definition) is 7. The van der Waals surface area contributed by atoms with Gasteiger partial charge in [-0.3, -0.25) is 9.12 Å². The maximum Gasteiger partial charge on any atom is 0.279 e. The molecule has 10 heteroatoms. The van der Waals surface area contributed by atoms with Crippen molar-refractivity contribution in [1.29, 1.82) is 0 Å². The summed E-state index contributed by atoms with van der Waals surface area (Å²) in [6, 6.07) is 0. The molecule has 2 aromatic rings. The van der Waals surface area contributed by atoms with E-state index >= 15 is 0 Å². The molecule has 0 spiro atoms. The molecule has 2 aromatic heterocycles. The second-order valence-corrected chi connectivity index (χ2v) is 4.98. The fourth-order valence-electron chi connectivity index (χ4n) is 2.03. The smallest absolute Gasteiger partial charge is 0.279 e. The number of H-pyrrole nitrogens is 1. The van der Waals surface area contributed by atoms with E-state index < -0.39 is 31.1 Å². The maximum absolute atomic E-state index is 11.5. The van der Waals surface area contributed by atoms with E-state index in [0.29, 0.717) is 8.51 Å². The van der Waals surface area contributed by atoms with Gasteiger partial charge < -0.3 is 25.0 Å². The largest absolute Gasteiger partial charge is 0.394 e. The van der Waals surface area contributed by atoms with Gasteiger partial charge in [0.15, 0.2) is 17.4 Å². The van der Waals surface area contributed by atoms with E-state index in [4.69, 9.17) is 9.84 Å². The zero-order chi connectivity index (χ0) is 13.6. The van der Waals surface area contributed by atoms with E-state index in [1.165, 1.54) is 10.7 Å². The Morgan fingerprint density at radius 3 is 2.95 bits per heavy atom. The van der Waals surface area contributed by atoms with Crippen LogP contribution in [0.25, 0.3) is 11.2 Å². The third-order valence-electron chi connectivity index (χ3n) is 3.03. The number of ether oxygens (including phenoxy) is 1. The van der Waals surface area contributed by atoms with E-state index in [1.54, 1.807) is 0 Å². The summed E-state index contributed by atoms with van der Waals surface area (Å²) in [5.74, 6) is 0. The highest BCUT2D eigenvalue weighted by Gasteiger charge is 2.44. The first-order valence-electron chi connectivity index (χ1n) is 5.54. The van der Waals surface area contributed by atoms with Gasteiger partial charge in [-0.25, -0.2) is 9.73 Å². The van der Waals surface area contributed by atoms with Crippen molar-refractivity contribution in [2.24, 2.45) is 0 Å². The predicted molar refractivity (Wildman–Crippen MR) is 63.7 cm³/mol. The van der Waals surface area contributed by atoms with E-state index in [-0.39, 0.29) is 16.7 Å². The maximum atomic E-state index is 11.5. The first kappa shape index (κ1) is 12.6. The number of aliphatic hydroxyl groups excluding tert-OH is 3. The van der Waals surface area contributed by atoms with Crippen LogP contribution in [-0.2, 0) is 4.74 Å². The van der Waals surface area contributed by atoms with Crippen LogP contribution in [0.15, 0.2) is 11.1 Å². The second-order valence-electron chi connectivity index (χ2n) is 4.17. The van der Waals surface area contributed by atoms with E-state index in [0.717, 1.165) is 0 Å². The van der Waals surface area contributed by atoms with Gasteiger partial charge in [0, 0.05) is 0 Å². The zero-order valence-corrected chi connectivity index (χ0v) is 10.4. The van der Waals surface area contributed by atoms with Crippen molar-refractivity contribution in [3.63, 3.8) is 0 Å². The van der Waals surface area contributed by atoms with Crippen molar-refractivity contribution in [3.05, 3.63) is 16.7 Å². The molecule has 4 N–H and O–H groups in total. The van der Waals surface area contributed by atoms with Crippen LogP contribution < -0.4 is 5.56 Å². The van der Waals surface area contributed by atoms with Crippen molar-refractivity contribution >= 4 is 19.7 Å². The lowest BCUT2D eigenvalue weighted by molar-refractivity contribution is -0.0462. The highest BCUT2D eigenvalue weighted by molar-refractivity contribution is 7.21. The molecule has 0 radical (unpaired) electrons. The number of aliphatic hydroxyl groups is 3. The molecular weight excluding hydrogens is 275 g/mol. The van der Waals surface area contributed by atoms with Gasteiger partial charge in [0.05, 0.1) is 12.9 Å². The van der Waals surface area contributed by atoms with Gasteiger partial charge in [0.2, 0.25) is 0 Å². The number of aromatic nitrogens is 4. The number of aromatic amines is 1. The van der Waals surface area contributed by atoms with E-state index in [2.05, 4.69) is 14.7 Å². The molecule has 0 amide bonds. The number of fused-ring (bicyclic) bond motifs is 1. The molecule has 1 aliphatic heterocycles. The number of hydrogen-bond donors (Lipinski definition) is 4. The lowest BCUT2D eigenvalue weighted by Gasteiger charge is -2.15. The Bertz CT molecular complexity index is 657. The third-order valence-corrected chi connectivity index (χ3v) is 3.92. The van der Waals surface area contributed by atoms with Crippen LogP contribution in [0, 0.1) is 0 Å². The van der Waals surface area contributed by atoms with E-state index in [9.17, 15) is 15.0 Å². The summed E-state index contributed by atoms with van der Waals surface area (Å²) in [6.07, 6.45) is -2.97. The summed E-state index contributed by atoms with van der Waals surface area (Å²) in [4.78, 5) is 17.9. The van der Waals surface area contributed by atoms with Gasteiger partial charge in [-0.2, -0.15) is 0 Å². The van der Waals surface area contributed by atoms with Crippen molar-refractivity contribution in [2.75, 3.05) is 6.61 Å². The normalized spacial score (nSPS) is 31.5. The molecule has 4 atom stereocenters. The molecule has 4 unspecified atom stereocenters. The fourth-order valence-corrected chi connectivity index (χ4v) is 2.92. The number of rotatable bonds is 2. The van der Waals surface area contributed by atoms with Crippen LogP contribution >= 0.6 is 8.51 Å². The molecule has 0 aliphatic carbocycles. The van der Waals surface area contributed by atoms with Gasteiger partial charge in [0.1, 0.15) is 26.8 Å². The summed E-state index contributed by atoms with van der Waals surface area (Å²) < 4.78 is 10.8. The number of nitrogens with zero attached hydrogens (tertiary/aromatic N) is 3. The van der Waals surface area contributed by atoms with Crippen LogP contribution in [-0.4, -0.2) is 59.3 Å². The molecule has 1 fully saturated rings. The summed E-state index contributed by atoms with van der Waals surface area (Å²) in [5, 5.41) is 28.7. The van der Waals surface area contributed by atoms with Gasteiger partial charge in [-0.05, 0) is 0 Å².